The molecule has 15 heavy (non-hydrogen) atoms. The van der Waals surface area contributed by atoms with Crippen LogP contribution in [-0.2, 0) is 0 Å². The summed E-state index contributed by atoms with van der Waals surface area (Å²) in [6.45, 7) is 13.4. The Morgan fingerprint density at radius 3 is 2.40 bits per heavy atom. The summed E-state index contributed by atoms with van der Waals surface area (Å²) in [7, 11) is 0. The van der Waals surface area contributed by atoms with Gasteiger partial charge in [0, 0.05) is 6.21 Å². The molecule has 0 bridgehead atoms. The van der Waals surface area contributed by atoms with Gasteiger partial charge in [-0.2, -0.15) is 0 Å². The fourth-order valence-electron chi connectivity index (χ4n) is 1.39. The summed E-state index contributed by atoms with van der Waals surface area (Å²) in [6.07, 6.45) is 6.31. The molecule has 0 aliphatic carbocycles. The molecule has 0 fully saturated rings. The lowest BCUT2D eigenvalue weighted by atomic mass is 10.0. The minimum absolute atomic E-state index is 0.502. The molecule has 0 saturated carbocycles. The predicted octanol–water partition coefficient (Wildman–Crippen LogP) is 3.35. The van der Waals surface area contributed by atoms with Crippen molar-refractivity contribution in [2.24, 2.45) is 10.7 Å². The number of hydrogen-bond donors (Lipinski definition) is 1. The Labute approximate surface area is 92.6 Å². The van der Waals surface area contributed by atoms with Crippen LogP contribution in [0, 0.1) is 0 Å². The van der Waals surface area contributed by atoms with Crippen LogP contribution in [0.5, 0.6) is 0 Å². The maximum Gasteiger partial charge on any atom is 0.0883 e. The first-order chi connectivity index (χ1) is 7.08. The Morgan fingerprint density at radius 1 is 1.47 bits per heavy atom. The topological polar surface area (TPSA) is 38.4 Å². The van der Waals surface area contributed by atoms with Gasteiger partial charge in [-0.1, -0.05) is 32.2 Å². The Balaban J connectivity index is 5.51. The summed E-state index contributed by atoms with van der Waals surface area (Å²) in [4.78, 5) is 4.25. The van der Waals surface area contributed by atoms with Gasteiger partial charge in [0.05, 0.1) is 11.4 Å². The van der Waals surface area contributed by atoms with Gasteiger partial charge in [0.15, 0.2) is 0 Å². The maximum absolute atomic E-state index is 5.71. The molecule has 82 valence electrons. The quantitative estimate of drug-likeness (QED) is 0.541. The average Bonchev–Trinajstić information content (AvgIpc) is 2.18. The number of hydrogen-bond acceptors (Lipinski definition) is 2. The van der Waals surface area contributed by atoms with Crippen molar-refractivity contribution in [3.8, 4) is 0 Å². The van der Waals surface area contributed by atoms with Crippen LogP contribution in [0.3, 0.4) is 0 Å². The SMILES string of the molecule is C=C\C=C(C)/C(CC)=C(/N=C\C)C(=C)N. The van der Waals surface area contributed by atoms with Crippen molar-refractivity contribution in [3.05, 3.63) is 47.9 Å². The monoisotopic (exact) mass is 204 g/mol. The summed E-state index contributed by atoms with van der Waals surface area (Å²) in [5.74, 6) is 0. The van der Waals surface area contributed by atoms with Crippen molar-refractivity contribution in [3.63, 3.8) is 0 Å². The molecule has 0 unspecified atom stereocenters. The van der Waals surface area contributed by atoms with E-state index in [1.165, 1.54) is 0 Å². The molecule has 0 rings (SSSR count). The number of nitrogens with two attached hydrogens (primary N) is 1. The molecule has 0 atom stereocenters. The molecular formula is C13H20N2. The minimum Gasteiger partial charge on any atom is -0.397 e. The standard InChI is InChI=1S/C13H20N2/c1-6-9-10(4)12(7-2)13(11(5)14)15-8-3/h6,8-9H,1,5,7,14H2,2-4H3/b10-9-,13-12+,15-8-. The zero-order chi connectivity index (χ0) is 11.8. The third-order valence-electron chi connectivity index (χ3n) is 2.05. The van der Waals surface area contributed by atoms with Crippen LogP contribution >= 0.6 is 0 Å². The largest absolute Gasteiger partial charge is 0.397 e. The normalized spacial score (nSPS) is 13.9. The van der Waals surface area contributed by atoms with E-state index in [0.717, 1.165) is 23.3 Å². The Bertz CT molecular complexity index is 330. The zero-order valence-corrected chi connectivity index (χ0v) is 9.88. The van der Waals surface area contributed by atoms with E-state index in [1.807, 2.05) is 19.9 Å². The Morgan fingerprint density at radius 2 is 2.07 bits per heavy atom. The molecule has 0 radical (unpaired) electrons. The van der Waals surface area contributed by atoms with Gasteiger partial charge in [0.2, 0.25) is 0 Å². The van der Waals surface area contributed by atoms with Gasteiger partial charge in [-0.05, 0) is 31.4 Å². The molecule has 0 aliphatic heterocycles. The molecule has 0 amide bonds. The van der Waals surface area contributed by atoms with Crippen molar-refractivity contribution in [1.29, 1.82) is 0 Å². The van der Waals surface area contributed by atoms with E-state index in [9.17, 15) is 0 Å². The van der Waals surface area contributed by atoms with E-state index in [0.29, 0.717) is 5.70 Å². The summed E-state index contributed by atoms with van der Waals surface area (Å²) >= 11 is 0. The van der Waals surface area contributed by atoms with Crippen LogP contribution in [0.1, 0.15) is 27.2 Å². The van der Waals surface area contributed by atoms with Crippen molar-refractivity contribution in [1.82, 2.24) is 0 Å². The molecular weight excluding hydrogens is 184 g/mol. The van der Waals surface area contributed by atoms with Gasteiger partial charge in [0.1, 0.15) is 0 Å². The number of allylic oxidation sites excluding steroid dienone is 4. The van der Waals surface area contributed by atoms with Gasteiger partial charge >= 0.3 is 0 Å². The summed E-state index contributed by atoms with van der Waals surface area (Å²) in [6, 6.07) is 0. The minimum atomic E-state index is 0.502. The average molecular weight is 204 g/mol. The van der Waals surface area contributed by atoms with Crippen molar-refractivity contribution in [2.75, 3.05) is 0 Å². The van der Waals surface area contributed by atoms with E-state index in [-0.39, 0.29) is 0 Å². The first-order valence-electron chi connectivity index (χ1n) is 5.04. The summed E-state index contributed by atoms with van der Waals surface area (Å²) in [5, 5.41) is 0. The molecule has 2 N–H and O–H groups in total. The third-order valence-corrected chi connectivity index (χ3v) is 2.05. The first-order valence-corrected chi connectivity index (χ1v) is 5.04. The van der Waals surface area contributed by atoms with E-state index < -0.39 is 0 Å². The highest BCUT2D eigenvalue weighted by molar-refractivity contribution is 5.58. The fourth-order valence-corrected chi connectivity index (χ4v) is 1.39. The molecule has 0 aromatic heterocycles. The molecule has 0 aromatic rings. The smallest absolute Gasteiger partial charge is 0.0883 e. The first kappa shape index (κ1) is 13.4. The van der Waals surface area contributed by atoms with Crippen LogP contribution in [0.2, 0.25) is 0 Å². The number of rotatable bonds is 5. The number of aliphatic imine (C=N–C) groups is 1. The van der Waals surface area contributed by atoms with E-state index in [4.69, 9.17) is 5.73 Å². The van der Waals surface area contributed by atoms with Gasteiger partial charge in [-0.25, -0.2) is 0 Å². The van der Waals surface area contributed by atoms with Crippen LogP contribution in [0.15, 0.2) is 52.8 Å². The highest BCUT2D eigenvalue weighted by atomic mass is 14.8. The fraction of sp³-hybridized carbons (Fsp3) is 0.308. The molecule has 0 heterocycles. The Kier molecular flexibility index (Phi) is 6.11. The third kappa shape index (κ3) is 3.98. The highest BCUT2D eigenvalue weighted by Gasteiger charge is 2.06. The lowest BCUT2D eigenvalue weighted by Gasteiger charge is -2.10. The van der Waals surface area contributed by atoms with E-state index >= 15 is 0 Å². The highest BCUT2D eigenvalue weighted by Crippen LogP contribution is 2.21. The molecule has 0 saturated heterocycles. The van der Waals surface area contributed by atoms with Crippen molar-refractivity contribution >= 4 is 6.21 Å². The van der Waals surface area contributed by atoms with Crippen molar-refractivity contribution < 1.29 is 0 Å². The molecule has 0 aromatic carbocycles. The maximum atomic E-state index is 5.71. The lowest BCUT2D eigenvalue weighted by Crippen LogP contribution is -2.02. The van der Waals surface area contributed by atoms with Crippen LogP contribution in [0.4, 0.5) is 0 Å². The molecule has 0 aliphatic rings. The second-order valence-electron chi connectivity index (χ2n) is 3.18. The lowest BCUT2D eigenvalue weighted by molar-refractivity contribution is 1.05. The molecule has 0 spiro atoms. The van der Waals surface area contributed by atoms with E-state index in [1.54, 1.807) is 12.3 Å². The van der Waals surface area contributed by atoms with Crippen LogP contribution < -0.4 is 5.73 Å². The molecule has 2 nitrogen and oxygen atoms in total. The summed E-state index contributed by atoms with van der Waals surface area (Å²) < 4.78 is 0. The van der Waals surface area contributed by atoms with Crippen LogP contribution in [0.25, 0.3) is 0 Å². The van der Waals surface area contributed by atoms with Gasteiger partial charge in [-0.15, -0.1) is 0 Å². The second-order valence-corrected chi connectivity index (χ2v) is 3.18. The summed E-state index contributed by atoms with van der Waals surface area (Å²) in [5.41, 5.74) is 9.23. The van der Waals surface area contributed by atoms with Gasteiger partial charge < -0.3 is 5.73 Å². The number of nitrogens with zero attached hydrogens (tertiary/aromatic N) is 1. The Hall–Kier alpha value is -1.57. The van der Waals surface area contributed by atoms with Gasteiger partial charge in [0.25, 0.3) is 0 Å². The van der Waals surface area contributed by atoms with E-state index in [2.05, 4.69) is 25.1 Å². The van der Waals surface area contributed by atoms with Gasteiger partial charge in [-0.3, -0.25) is 4.99 Å². The van der Waals surface area contributed by atoms with Crippen molar-refractivity contribution in [2.45, 2.75) is 27.2 Å². The second kappa shape index (κ2) is 6.82. The molecule has 2 heteroatoms. The van der Waals surface area contributed by atoms with Crippen LogP contribution in [-0.4, -0.2) is 6.21 Å². The zero-order valence-electron chi connectivity index (χ0n) is 9.88. The predicted molar refractivity (Wildman–Crippen MR) is 68.8 cm³/mol.